The molecule has 23 heavy (non-hydrogen) atoms. The molecule has 0 saturated heterocycles. The fourth-order valence-electron chi connectivity index (χ4n) is 3.25. The van der Waals surface area contributed by atoms with Crippen LogP contribution in [0.4, 0.5) is 13.2 Å². The summed E-state index contributed by atoms with van der Waals surface area (Å²) < 4.78 is 40.4. The maximum atomic E-state index is 12.9. The normalized spacial score (nSPS) is 21.7. The number of halogens is 3. The first kappa shape index (κ1) is 16.0. The predicted octanol–water partition coefficient (Wildman–Crippen LogP) is 3.26. The van der Waals surface area contributed by atoms with Crippen molar-refractivity contribution in [3.05, 3.63) is 47.5 Å². The lowest BCUT2D eigenvalue weighted by Gasteiger charge is -2.22. The first-order valence-electron chi connectivity index (χ1n) is 7.68. The maximum Gasteiger partial charge on any atom is 0.416 e. The second-order valence-corrected chi connectivity index (χ2v) is 5.95. The van der Waals surface area contributed by atoms with Gasteiger partial charge in [-0.15, -0.1) is 0 Å². The highest BCUT2D eigenvalue weighted by Crippen LogP contribution is 2.37. The number of hydrogen-bond acceptors (Lipinski definition) is 3. The molecule has 0 spiro atoms. The highest BCUT2D eigenvalue weighted by molar-refractivity contribution is 5.30. The Balaban J connectivity index is 1.73. The number of aryl methyl sites for hydroxylation is 1. The molecule has 2 aromatic rings. The van der Waals surface area contributed by atoms with Crippen LogP contribution in [-0.2, 0) is 19.8 Å². The molecule has 1 fully saturated rings. The van der Waals surface area contributed by atoms with Gasteiger partial charge in [0.1, 0.15) is 12.2 Å². The standard InChI is InChI=1S/C16H19F3N4/c1-23-15(21-10-22-23)9-20-14-7-3-6-13(14)11-4-2-5-12(8-11)16(17,18)19/h2,4-5,8,10,13-14,20H,3,6-7,9H2,1H3/t13-,14+/m0/s1. The molecule has 0 amide bonds. The van der Waals surface area contributed by atoms with Crippen LogP contribution in [0.3, 0.4) is 0 Å². The Kier molecular flexibility index (Phi) is 4.39. The van der Waals surface area contributed by atoms with E-state index < -0.39 is 11.7 Å². The molecule has 1 N–H and O–H groups in total. The van der Waals surface area contributed by atoms with Crippen molar-refractivity contribution < 1.29 is 13.2 Å². The quantitative estimate of drug-likeness (QED) is 0.939. The van der Waals surface area contributed by atoms with E-state index in [-0.39, 0.29) is 12.0 Å². The second-order valence-electron chi connectivity index (χ2n) is 5.95. The zero-order valence-corrected chi connectivity index (χ0v) is 12.8. The topological polar surface area (TPSA) is 42.7 Å². The third-order valence-corrected chi connectivity index (χ3v) is 4.49. The van der Waals surface area contributed by atoms with Gasteiger partial charge in [0.05, 0.1) is 12.1 Å². The minimum Gasteiger partial charge on any atom is -0.306 e. The Morgan fingerprint density at radius 2 is 2.13 bits per heavy atom. The van der Waals surface area contributed by atoms with Crippen LogP contribution in [-0.4, -0.2) is 20.8 Å². The highest BCUT2D eigenvalue weighted by Gasteiger charge is 2.33. The monoisotopic (exact) mass is 324 g/mol. The first-order chi connectivity index (χ1) is 10.9. The van der Waals surface area contributed by atoms with E-state index in [2.05, 4.69) is 15.4 Å². The summed E-state index contributed by atoms with van der Waals surface area (Å²) in [4.78, 5) is 4.16. The zero-order chi connectivity index (χ0) is 16.4. The van der Waals surface area contributed by atoms with Crippen LogP contribution in [0.1, 0.15) is 42.1 Å². The van der Waals surface area contributed by atoms with Gasteiger partial charge in [-0.25, -0.2) is 4.98 Å². The van der Waals surface area contributed by atoms with Gasteiger partial charge in [-0.05, 0) is 30.4 Å². The van der Waals surface area contributed by atoms with Crippen molar-refractivity contribution in [2.45, 2.75) is 43.9 Å². The van der Waals surface area contributed by atoms with E-state index in [0.717, 1.165) is 36.7 Å². The molecule has 0 bridgehead atoms. The summed E-state index contributed by atoms with van der Waals surface area (Å²) in [7, 11) is 1.82. The lowest BCUT2D eigenvalue weighted by Crippen LogP contribution is -2.31. The number of nitrogens with one attached hydrogen (secondary N) is 1. The van der Waals surface area contributed by atoms with Crippen LogP contribution in [0.5, 0.6) is 0 Å². The van der Waals surface area contributed by atoms with Gasteiger partial charge < -0.3 is 5.32 Å². The second kappa shape index (κ2) is 6.31. The minimum absolute atomic E-state index is 0.102. The van der Waals surface area contributed by atoms with Gasteiger partial charge in [0, 0.05) is 13.1 Å². The molecule has 4 nitrogen and oxygen atoms in total. The lowest BCUT2D eigenvalue weighted by molar-refractivity contribution is -0.137. The molecule has 0 radical (unpaired) electrons. The van der Waals surface area contributed by atoms with E-state index in [1.807, 2.05) is 7.05 Å². The van der Waals surface area contributed by atoms with Gasteiger partial charge in [-0.2, -0.15) is 18.3 Å². The van der Waals surface area contributed by atoms with E-state index >= 15 is 0 Å². The van der Waals surface area contributed by atoms with Crippen molar-refractivity contribution in [1.29, 1.82) is 0 Å². The van der Waals surface area contributed by atoms with E-state index in [0.29, 0.717) is 6.54 Å². The number of hydrogen-bond donors (Lipinski definition) is 1. The summed E-state index contributed by atoms with van der Waals surface area (Å²) in [5.74, 6) is 0.921. The smallest absolute Gasteiger partial charge is 0.306 e. The summed E-state index contributed by atoms with van der Waals surface area (Å²) in [6.07, 6.45) is 0.0695. The van der Waals surface area contributed by atoms with Crippen LogP contribution in [0.25, 0.3) is 0 Å². The van der Waals surface area contributed by atoms with Crippen LogP contribution in [0, 0.1) is 0 Å². The Morgan fingerprint density at radius 3 is 2.83 bits per heavy atom. The number of benzene rings is 1. The lowest BCUT2D eigenvalue weighted by atomic mass is 9.92. The third-order valence-electron chi connectivity index (χ3n) is 4.49. The molecule has 1 heterocycles. The Morgan fingerprint density at radius 1 is 1.30 bits per heavy atom. The van der Waals surface area contributed by atoms with Crippen molar-refractivity contribution in [2.24, 2.45) is 7.05 Å². The highest BCUT2D eigenvalue weighted by atomic mass is 19.4. The first-order valence-corrected chi connectivity index (χ1v) is 7.68. The van der Waals surface area contributed by atoms with Crippen molar-refractivity contribution >= 4 is 0 Å². The van der Waals surface area contributed by atoms with Crippen LogP contribution < -0.4 is 5.32 Å². The maximum absolute atomic E-state index is 12.9. The Labute approximate surface area is 132 Å². The molecule has 1 aromatic heterocycles. The molecule has 0 aliphatic heterocycles. The number of alkyl halides is 3. The van der Waals surface area contributed by atoms with Gasteiger partial charge in [-0.3, -0.25) is 4.68 Å². The fourth-order valence-corrected chi connectivity index (χ4v) is 3.25. The average Bonchev–Trinajstić information content (AvgIpc) is 3.13. The summed E-state index contributed by atoms with van der Waals surface area (Å²) in [6.45, 7) is 0.566. The molecule has 0 unspecified atom stereocenters. The fraction of sp³-hybridized carbons (Fsp3) is 0.500. The largest absolute Gasteiger partial charge is 0.416 e. The Hall–Kier alpha value is -1.89. The summed E-state index contributed by atoms with van der Waals surface area (Å²) >= 11 is 0. The zero-order valence-electron chi connectivity index (χ0n) is 12.8. The van der Waals surface area contributed by atoms with Gasteiger partial charge in [0.15, 0.2) is 0 Å². The van der Waals surface area contributed by atoms with E-state index in [4.69, 9.17) is 0 Å². The SMILES string of the molecule is Cn1ncnc1CN[C@@H]1CCC[C@H]1c1cccc(C(F)(F)F)c1. The van der Waals surface area contributed by atoms with Crippen LogP contribution in [0.15, 0.2) is 30.6 Å². The molecule has 1 aromatic carbocycles. The van der Waals surface area contributed by atoms with Crippen molar-refractivity contribution in [1.82, 2.24) is 20.1 Å². The summed E-state index contributed by atoms with van der Waals surface area (Å²) in [5.41, 5.74) is 0.182. The molecule has 124 valence electrons. The van der Waals surface area contributed by atoms with Gasteiger partial charge in [0.25, 0.3) is 0 Å². The van der Waals surface area contributed by atoms with Gasteiger partial charge in [-0.1, -0.05) is 24.6 Å². The Bertz CT molecular complexity index is 665. The molecule has 1 aliphatic rings. The van der Waals surface area contributed by atoms with E-state index in [1.54, 1.807) is 10.7 Å². The molecule has 2 atom stereocenters. The van der Waals surface area contributed by atoms with Crippen molar-refractivity contribution in [2.75, 3.05) is 0 Å². The van der Waals surface area contributed by atoms with Crippen molar-refractivity contribution in [3.8, 4) is 0 Å². The predicted molar refractivity (Wildman–Crippen MR) is 79.7 cm³/mol. The number of nitrogens with zero attached hydrogens (tertiary/aromatic N) is 3. The number of rotatable bonds is 4. The molecule has 1 saturated carbocycles. The summed E-state index contributed by atoms with van der Waals surface area (Å²) in [5, 5.41) is 7.45. The minimum atomic E-state index is -4.30. The van der Waals surface area contributed by atoms with Crippen molar-refractivity contribution in [3.63, 3.8) is 0 Å². The average molecular weight is 324 g/mol. The summed E-state index contributed by atoms with van der Waals surface area (Å²) in [6, 6.07) is 5.86. The molecular weight excluding hydrogens is 305 g/mol. The van der Waals surface area contributed by atoms with Crippen LogP contribution >= 0.6 is 0 Å². The van der Waals surface area contributed by atoms with Gasteiger partial charge >= 0.3 is 6.18 Å². The molecule has 1 aliphatic carbocycles. The van der Waals surface area contributed by atoms with Crippen LogP contribution in [0.2, 0.25) is 0 Å². The van der Waals surface area contributed by atoms with E-state index in [1.165, 1.54) is 18.5 Å². The number of aromatic nitrogens is 3. The molecule has 3 rings (SSSR count). The van der Waals surface area contributed by atoms with E-state index in [9.17, 15) is 13.2 Å². The van der Waals surface area contributed by atoms with Gasteiger partial charge in [0.2, 0.25) is 0 Å². The molecule has 7 heteroatoms. The molecular formula is C16H19F3N4. The third kappa shape index (κ3) is 3.55.